The Morgan fingerprint density at radius 3 is 2.38 bits per heavy atom. The average Bonchev–Trinajstić information content (AvgIpc) is 2.42. The van der Waals surface area contributed by atoms with Gasteiger partial charge in [-0.2, -0.15) is 0 Å². The van der Waals surface area contributed by atoms with Crippen LogP contribution in [-0.4, -0.2) is 25.6 Å². The highest BCUT2D eigenvalue weighted by atomic mass is 19.4. The predicted octanol–water partition coefficient (Wildman–Crippen LogP) is 2.78. The van der Waals surface area contributed by atoms with Gasteiger partial charge in [0.2, 0.25) is 0 Å². The van der Waals surface area contributed by atoms with Crippen LogP contribution >= 0.6 is 0 Å². The smallest absolute Gasteiger partial charge is 0.406 e. The number of nitrogens with two attached hydrogens (primary N) is 1. The fraction of sp³-hybridized carbons (Fsp3) is 0.571. The van der Waals surface area contributed by atoms with Gasteiger partial charge >= 0.3 is 6.36 Å². The molecule has 3 N–H and O–H groups in total. The lowest BCUT2D eigenvalue weighted by atomic mass is 10.0. The first-order valence-corrected chi connectivity index (χ1v) is 6.83. The van der Waals surface area contributed by atoms with Crippen molar-refractivity contribution in [3.05, 3.63) is 29.8 Å². The van der Waals surface area contributed by atoms with Crippen LogP contribution in [0, 0.1) is 0 Å². The second-order valence-electron chi connectivity index (χ2n) is 4.66. The third-order valence-corrected chi connectivity index (χ3v) is 2.83. The SMILES string of the molecule is CCCOCCC(Cc1ccc(OC(F)(F)F)cc1)NN. The van der Waals surface area contributed by atoms with Crippen LogP contribution in [0.4, 0.5) is 13.2 Å². The van der Waals surface area contributed by atoms with Gasteiger partial charge < -0.3 is 9.47 Å². The first kappa shape index (κ1) is 17.7. The minimum absolute atomic E-state index is 0.0104. The van der Waals surface area contributed by atoms with E-state index in [0.717, 1.165) is 18.4 Å². The van der Waals surface area contributed by atoms with Gasteiger partial charge in [0.1, 0.15) is 5.75 Å². The van der Waals surface area contributed by atoms with Gasteiger partial charge in [0, 0.05) is 19.3 Å². The summed E-state index contributed by atoms with van der Waals surface area (Å²) < 4.78 is 45.3. The number of hydrogen-bond acceptors (Lipinski definition) is 4. The van der Waals surface area contributed by atoms with Gasteiger partial charge in [-0.1, -0.05) is 19.1 Å². The Bertz CT molecular complexity index is 396. The molecule has 1 atom stereocenters. The molecule has 0 heterocycles. The highest BCUT2D eigenvalue weighted by Gasteiger charge is 2.30. The van der Waals surface area contributed by atoms with E-state index < -0.39 is 6.36 Å². The fourth-order valence-corrected chi connectivity index (χ4v) is 1.83. The zero-order valence-electron chi connectivity index (χ0n) is 12.0. The molecular formula is C14H21F3N2O2. The maximum absolute atomic E-state index is 12.0. The van der Waals surface area contributed by atoms with Crippen LogP contribution in [-0.2, 0) is 11.2 Å². The number of benzene rings is 1. The number of nitrogens with one attached hydrogen (secondary N) is 1. The quantitative estimate of drug-likeness (QED) is 0.418. The van der Waals surface area contributed by atoms with E-state index in [0.29, 0.717) is 19.6 Å². The van der Waals surface area contributed by atoms with Crippen molar-refractivity contribution in [1.82, 2.24) is 5.43 Å². The predicted molar refractivity (Wildman–Crippen MR) is 73.7 cm³/mol. The minimum atomic E-state index is -4.67. The fourth-order valence-electron chi connectivity index (χ4n) is 1.83. The van der Waals surface area contributed by atoms with Crippen molar-refractivity contribution < 1.29 is 22.6 Å². The molecule has 0 aliphatic heterocycles. The molecular weight excluding hydrogens is 285 g/mol. The zero-order chi connectivity index (χ0) is 15.7. The van der Waals surface area contributed by atoms with Crippen molar-refractivity contribution in [2.75, 3.05) is 13.2 Å². The second-order valence-corrected chi connectivity index (χ2v) is 4.66. The van der Waals surface area contributed by atoms with Crippen LogP contribution in [0.2, 0.25) is 0 Å². The van der Waals surface area contributed by atoms with Crippen molar-refractivity contribution in [2.45, 2.75) is 38.6 Å². The third-order valence-electron chi connectivity index (χ3n) is 2.83. The summed E-state index contributed by atoms with van der Waals surface area (Å²) in [5.41, 5.74) is 3.57. The number of alkyl halides is 3. The molecule has 0 aliphatic rings. The largest absolute Gasteiger partial charge is 0.573 e. The summed E-state index contributed by atoms with van der Waals surface area (Å²) in [4.78, 5) is 0. The summed E-state index contributed by atoms with van der Waals surface area (Å²) in [7, 11) is 0. The monoisotopic (exact) mass is 306 g/mol. The van der Waals surface area contributed by atoms with E-state index in [-0.39, 0.29) is 11.8 Å². The Kier molecular flexibility index (Phi) is 7.49. The van der Waals surface area contributed by atoms with E-state index in [1.807, 2.05) is 6.92 Å². The van der Waals surface area contributed by atoms with Gasteiger partial charge in [0.25, 0.3) is 0 Å². The van der Waals surface area contributed by atoms with Crippen molar-refractivity contribution in [3.8, 4) is 5.75 Å². The highest BCUT2D eigenvalue weighted by molar-refractivity contribution is 5.27. The van der Waals surface area contributed by atoms with Crippen molar-refractivity contribution in [1.29, 1.82) is 0 Å². The van der Waals surface area contributed by atoms with E-state index >= 15 is 0 Å². The molecule has 0 aliphatic carbocycles. The maximum Gasteiger partial charge on any atom is 0.573 e. The number of halogens is 3. The lowest BCUT2D eigenvalue weighted by Gasteiger charge is -2.16. The summed E-state index contributed by atoms with van der Waals surface area (Å²) in [6.45, 7) is 3.34. The van der Waals surface area contributed by atoms with Crippen LogP contribution in [0.1, 0.15) is 25.3 Å². The third kappa shape index (κ3) is 7.89. The first-order valence-electron chi connectivity index (χ1n) is 6.83. The molecule has 0 fully saturated rings. The number of rotatable bonds is 9. The normalized spacial score (nSPS) is 13.2. The van der Waals surface area contributed by atoms with Crippen LogP contribution in [0.3, 0.4) is 0 Å². The zero-order valence-corrected chi connectivity index (χ0v) is 12.0. The van der Waals surface area contributed by atoms with Gasteiger partial charge in [-0.15, -0.1) is 13.2 Å². The number of ether oxygens (including phenoxy) is 2. The molecule has 4 nitrogen and oxygen atoms in total. The standard InChI is InChI=1S/C14H21F3N2O2/c1-2-8-20-9-7-12(19-18)10-11-3-5-13(6-4-11)21-14(15,16)17/h3-6,12,19H,2,7-10,18H2,1H3. The molecule has 1 unspecified atom stereocenters. The molecule has 0 amide bonds. The van der Waals surface area contributed by atoms with Crippen LogP contribution in [0.5, 0.6) is 5.75 Å². The summed E-state index contributed by atoms with van der Waals surface area (Å²) >= 11 is 0. The highest BCUT2D eigenvalue weighted by Crippen LogP contribution is 2.23. The summed E-state index contributed by atoms with van der Waals surface area (Å²) in [5.74, 6) is 5.24. The number of hydrazine groups is 1. The Hall–Kier alpha value is -1.31. The van der Waals surface area contributed by atoms with Crippen molar-refractivity contribution in [3.63, 3.8) is 0 Å². The Morgan fingerprint density at radius 1 is 1.19 bits per heavy atom. The molecule has 0 saturated heterocycles. The molecule has 0 saturated carbocycles. The molecule has 120 valence electrons. The molecule has 7 heteroatoms. The summed E-state index contributed by atoms with van der Waals surface area (Å²) in [6.07, 6.45) is -2.36. The minimum Gasteiger partial charge on any atom is -0.406 e. The van der Waals surface area contributed by atoms with Crippen molar-refractivity contribution >= 4 is 0 Å². The van der Waals surface area contributed by atoms with Crippen LogP contribution in [0.15, 0.2) is 24.3 Å². The topological polar surface area (TPSA) is 56.5 Å². The Balaban J connectivity index is 2.45. The maximum atomic E-state index is 12.0. The van der Waals surface area contributed by atoms with Crippen molar-refractivity contribution in [2.24, 2.45) is 5.84 Å². The van der Waals surface area contributed by atoms with E-state index in [1.165, 1.54) is 12.1 Å². The van der Waals surface area contributed by atoms with Crippen LogP contribution < -0.4 is 16.0 Å². The van der Waals surface area contributed by atoms with Gasteiger partial charge in [-0.25, -0.2) is 0 Å². The Morgan fingerprint density at radius 2 is 1.86 bits per heavy atom. The van der Waals surface area contributed by atoms with Gasteiger partial charge in [-0.05, 0) is 37.0 Å². The number of hydrogen-bond donors (Lipinski definition) is 2. The lowest BCUT2D eigenvalue weighted by molar-refractivity contribution is -0.274. The first-order chi connectivity index (χ1) is 9.94. The van der Waals surface area contributed by atoms with E-state index in [4.69, 9.17) is 10.6 Å². The molecule has 1 rings (SSSR count). The average molecular weight is 306 g/mol. The molecule has 0 spiro atoms. The van der Waals surface area contributed by atoms with Gasteiger partial charge in [0.15, 0.2) is 0 Å². The lowest BCUT2D eigenvalue weighted by Crippen LogP contribution is -2.37. The van der Waals surface area contributed by atoms with E-state index in [2.05, 4.69) is 10.2 Å². The second kappa shape index (κ2) is 8.86. The molecule has 1 aromatic carbocycles. The van der Waals surface area contributed by atoms with E-state index in [9.17, 15) is 13.2 Å². The van der Waals surface area contributed by atoms with Crippen LogP contribution in [0.25, 0.3) is 0 Å². The Labute approximate surface area is 122 Å². The summed E-state index contributed by atoms with van der Waals surface area (Å²) in [5, 5.41) is 0. The molecule has 0 bridgehead atoms. The van der Waals surface area contributed by atoms with E-state index in [1.54, 1.807) is 12.1 Å². The molecule has 1 aromatic rings. The molecule has 21 heavy (non-hydrogen) atoms. The molecule has 0 aromatic heterocycles. The van der Waals surface area contributed by atoms with Gasteiger partial charge in [-0.3, -0.25) is 11.3 Å². The van der Waals surface area contributed by atoms with Gasteiger partial charge in [0.05, 0.1) is 0 Å². The summed E-state index contributed by atoms with van der Waals surface area (Å²) in [6, 6.07) is 5.79. The molecule has 0 radical (unpaired) electrons.